The average Bonchev–Trinajstić information content (AvgIpc) is 2.17. The third-order valence-electron chi connectivity index (χ3n) is 1.70. The maximum absolute atomic E-state index is 11.5. The Morgan fingerprint density at radius 3 is 2.20 bits per heavy atom. The zero-order chi connectivity index (χ0) is 11.8. The smallest absolute Gasteiger partial charge is 0.325 e. The quantitative estimate of drug-likeness (QED) is 0.641. The maximum atomic E-state index is 11.5. The molecule has 0 bridgehead atoms. The van der Waals surface area contributed by atoms with Gasteiger partial charge in [-0.25, -0.2) is 4.79 Å². The molecule has 0 aromatic rings. The Kier molecular flexibility index (Phi) is 5.85. The van der Waals surface area contributed by atoms with Crippen molar-refractivity contribution >= 4 is 12.0 Å². The minimum absolute atomic E-state index is 0.351. The Labute approximate surface area is 89.1 Å². The van der Waals surface area contributed by atoms with Gasteiger partial charge in [0.2, 0.25) is 0 Å². The van der Waals surface area contributed by atoms with E-state index in [-0.39, 0.29) is 0 Å². The predicted octanol–water partition coefficient (Wildman–Crippen LogP) is 0.843. The van der Waals surface area contributed by atoms with Crippen molar-refractivity contribution in [1.82, 2.24) is 10.2 Å². The number of carbonyl (C=O) groups is 2. The van der Waals surface area contributed by atoms with E-state index in [1.165, 1.54) is 11.8 Å². The highest BCUT2D eigenvalue weighted by Crippen LogP contribution is 1.92. The van der Waals surface area contributed by atoms with Crippen LogP contribution in [0.15, 0.2) is 25.3 Å². The van der Waals surface area contributed by atoms with E-state index < -0.39 is 18.0 Å². The molecule has 84 valence electrons. The fourth-order valence-electron chi connectivity index (χ4n) is 0.890. The summed E-state index contributed by atoms with van der Waals surface area (Å²) < 4.78 is 0. The lowest BCUT2D eigenvalue weighted by Gasteiger charge is -2.21. The van der Waals surface area contributed by atoms with E-state index in [0.29, 0.717) is 13.1 Å². The zero-order valence-corrected chi connectivity index (χ0v) is 8.77. The number of hydrogen-bond acceptors (Lipinski definition) is 2. The fraction of sp³-hybridized carbons (Fsp3) is 0.400. The lowest BCUT2D eigenvalue weighted by atomic mass is 10.3. The number of nitrogens with zero attached hydrogens (tertiary/aromatic N) is 1. The van der Waals surface area contributed by atoms with Crippen molar-refractivity contribution < 1.29 is 14.7 Å². The normalized spacial score (nSPS) is 11.3. The Morgan fingerprint density at radius 1 is 1.40 bits per heavy atom. The molecule has 0 radical (unpaired) electrons. The van der Waals surface area contributed by atoms with Crippen molar-refractivity contribution in [3.63, 3.8) is 0 Å². The lowest BCUT2D eigenvalue weighted by molar-refractivity contribution is -0.138. The molecular formula is C10H16N2O3. The van der Waals surface area contributed by atoms with Gasteiger partial charge in [0.15, 0.2) is 0 Å². The van der Waals surface area contributed by atoms with E-state index in [4.69, 9.17) is 5.11 Å². The number of urea groups is 1. The number of nitrogens with one attached hydrogen (secondary N) is 1. The summed E-state index contributed by atoms with van der Waals surface area (Å²) in [4.78, 5) is 23.4. The second-order valence-corrected chi connectivity index (χ2v) is 2.99. The second kappa shape index (κ2) is 6.64. The maximum Gasteiger partial charge on any atom is 0.325 e. The number of amides is 2. The van der Waals surface area contributed by atoms with Gasteiger partial charge in [-0.15, -0.1) is 13.2 Å². The molecule has 2 amide bonds. The Morgan fingerprint density at radius 2 is 1.87 bits per heavy atom. The highest BCUT2D eigenvalue weighted by atomic mass is 16.4. The molecule has 2 N–H and O–H groups in total. The van der Waals surface area contributed by atoms with Crippen LogP contribution in [0, 0.1) is 0 Å². The molecule has 0 saturated carbocycles. The number of carboxylic acid groups (broad SMARTS) is 1. The zero-order valence-electron chi connectivity index (χ0n) is 8.77. The van der Waals surface area contributed by atoms with Gasteiger partial charge in [0, 0.05) is 13.1 Å². The van der Waals surface area contributed by atoms with Crippen molar-refractivity contribution in [2.75, 3.05) is 13.1 Å². The van der Waals surface area contributed by atoms with Crippen LogP contribution < -0.4 is 5.32 Å². The topological polar surface area (TPSA) is 69.6 Å². The van der Waals surface area contributed by atoms with Crippen LogP contribution in [-0.4, -0.2) is 41.1 Å². The van der Waals surface area contributed by atoms with E-state index >= 15 is 0 Å². The predicted molar refractivity (Wildman–Crippen MR) is 57.6 cm³/mol. The molecule has 5 heteroatoms. The monoisotopic (exact) mass is 212 g/mol. The van der Waals surface area contributed by atoms with Crippen LogP contribution in [0.3, 0.4) is 0 Å². The van der Waals surface area contributed by atoms with E-state index in [1.54, 1.807) is 12.2 Å². The molecular weight excluding hydrogens is 196 g/mol. The highest BCUT2D eigenvalue weighted by Gasteiger charge is 2.17. The summed E-state index contributed by atoms with van der Waals surface area (Å²) in [7, 11) is 0. The fourth-order valence-corrected chi connectivity index (χ4v) is 0.890. The first-order valence-corrected chi connectivity index (χ1v) is 4.53. The van der Waals surface area contributed by atoms with Crippen LogP contribution in [0.2, 0.25) is 0 Å². The van der Waals surface area contributed by atoms with Gasteiger partial charge in [-0.1, -0.05) is 12.2 Å². The summed E-state index contributed by atoms with van der Waals surface area (Å²) in [6, 6.07) is -1.35. The van der Waals surface area contributed by atoms with Crippen molar-refractivity contribution in [3.05, 3.63) is 25.3 Å². The van der Waals surface area contributed by atoms with Crippen molar-refractivity contribution in [1.29, 1.82) is 0 Å². The number of aliphatic carboxylic acids is 1. The molecule has 0 aliphatic heterocycles. The average molecular weight is 212 g/mol. The molecule has 0 spiro atoms. The summed E-state index contributed by atoms with van der Waals surface area (Å²) in [6.07, 6.45) is 3.13. The van der Waals surface area contributed by atoms with Crippen LogP contribution in [0.5, 0.6) is 0 Å². The summed E-state index contributed by atoms with van der Waals surface area (Å²) in [5.74, 6) is -1.07. The molecule has 0 unspecified atom stereocenters. The third-order valence-corrected chi connectivity index (χ3v) is 1.70. The van der Waals surface area contributed by atoms with Gasteiger partial charge >= 0.3 is 12.0 Å². The Hall–Kier alpha value is -1.78. The van der Waals surface area contributed by atoms with Crippen molar-refractivity contribution in [2.45, 2.75) is 13.0 Å². The lowest BCUT2D eigenvalue weighted by Crippen LogP contribution is -2.46. The van der Waals surface area contributed by atoms with E-state index in [0.717, 1.165) is 0 Å². The first kappa shape index (κ1) is 13.2. The van der Waals surface area contributed by atoms with Gasteiger partial charge in [-0.05, 0) is 6.92 Å². The van der Waals surface area contributed by atoms with Gasteiger partial charge in [0.1, 0.15) is 6.04 Å². The van der Waals surface area contributed by atoms with Crippen LogP contribution in [-0.2, 0) is 4.79 Å². The second-order valence-electron chi connectivity index (χ2n) is 2.99. The van der Waals surface area contributed by atoms with E-state index in [9.17, 15) is 9.59 Å². The SMILES string of the molecule is C=CCN(CC=C)C(=O)N[C@H](C)C(=O)O. The van der Waals surface area contributed by atoms with Crippen LogP contribution >= 0.6 is 0 Å². The molecule has 5 nitrogen and oxygen atoms in total. The standard InChI is InChI=1S/C10H16N2O3/c1-4-6-12(7-5-2)10(15)11-8(3)9(13)14/h4-5,8H,1-2,6-7H2,3H3,(H,11,15)(H,13,14)/t8-/m1/s1. The number of carbonyl (C=O) groups excluding carboxylic acids is 1. The molecule has 0 aliphatic rings. The largest absolute Gasteiger partial charge is 0.480 e. The molecule has 0 fully saturated rings. The van der Waals surface area contributed by atoms with E-state index in [2.05, 4.69) is 18.5 Å². The molecule has 15 heavy (non-hydrogen) atoms. The summed E-state index contributed by atoms with van der Waals surface area (Å²) in [5, 5.41) is 10.9. The molecule has 1 atom stereocenters. The number of hydrogen-bond donors (Lipinski definition) is 2. The summed E-state index contributed by atoms with van der Waals surface area (Å²) >= 11 is 0. The van der Waals surface area contributed by atoms with Gasteiger partial charge in [-0.2, -0.15) is 0 Å². The minimum Gasteiger partial charge on any atom is -0.480 e. The molecule has 0 saturated heterocycles. The molecule has 0 aromatic heterocycles. The van der Waals surface area contributed by atoms with Crippen molar-refractivity contribution in [2.24, 2.45) is 0 Å². The van der Waals surface area contributed by atoms with Crippen molar-refractivity contribution in [3.8, 4) is 0 Å². The molecule has 0 rings (SSSR count). The van der Waals surface area contributed by atoms with Crippen LogP contribution in [0.25, 0.3) is 0 Å². The third kappa shape index (κ3) is 4.85. The minimum atomic E-state index is -1.07. The van der Waals surface area contributed by atoms with E-state index in [1.807, 2.05) is 0 Å². The molecule has 0 aliphatic carbocycles. The first-order valence-electron chi connectivity index (χ1n) is 4.53. The highest BCUT2D eigenvalue weighted by molar-refractivity contribution is 5.82. The van der Waals surface area contributed by atoms with Gasteiger partial charge in [0.25, 0.3) is 0 Å². The van der Waals surface area contributed by atoms with Crippen LogP contribution in [0.4, 0.5) is 4.79 Å². The number of carboxylic acids is 1. The summed E-state index contributed by atoms with van der Waals surface area (Å²) in [6.45, 7) is 9.12. The van der Waals surface area contributed by atoms with Gasteiger partial charge in [-0.3, -0.25) is 4.79 Å². The van der Waals surface area contributed by atoms with Gasteiger partial charge in [0.05, 0.1) is 0 Å². The van der Waals surface area contributed by atoms with Crippen LogP contribution in [0.1, 0.15) is 6.92 Å². The molecule has 0 aromatic carbocycles. The Balaban J connectivity index is 4.29. The Bertz CT molecular complexity index is 253. The first-order chi connectivity index (χ1) is 7.02. The summed E-state index contributed by atoms with van der Waals surface area (Å²) in [5.41, 5.74) is 0. The molecule has 0 heterocycles. The van der Waals surface area contributed by atoms with Gasteiger partial charge < -0.3 is 15.3 Å². The number of rotatable bonds is 6.